The lowest BCUT2D eigenvalue weighted by molar-refractivity contribution is -0.124. The van der Waals surface area contributed by atoms with Crippen LogP contribution in [0.3, 0.4) is 0 Å². The lowest BCUT2D eigenvalue weighted by Gasteiger charge is -2.36. The molecule has 1 saturated heterocycles. The molecule has 0 bridgehead atoms. The van der Waals surface area contributed by atoms with E-state index in [0.717, 1.165) is 57.9 Å². The van der Waals surface area contributed by atoms with Crippen molar-refractivity contribution in [3.05, 3.63) is 29.3 Å². The zero-order valence-electron chi connectivity index (χ0n) is 18.3. The fourth-order valence-electron chi connectivity index (χ4n) is 4.69. The maximum absolute atomic E-state index is 12.5. The van der Waals surface area contributed by atoms with Gasteiger partial charge in [-0.2, -0.15) is 0 Å². The molecule has 1 fully saturated rings. The largest absolute Gasteiger partial charge is 0.493 e. The smallest absolute Gasteiger partial charge is 0.234 e. The normalized spacial score (nSPS) is 18.6. The third-order valence-corrected chi connectivity index (χ3v) is 5.44. The molecule has 0 spiro atoms. The predicted octanol–water partition coefficient (Wildman–Crippen LogP) is 3.07. The number of nitrogens with zero attached hydrogens (tertiary/aromatic N) is 2. The Bertz CT molecular complexity index is 686. The van der Waals surface area contributed by atoms with Gasteiger partial charge in [0.1, 0.15) is 5.75 Å². The van der Waals surface area contributed by atoms with E-state index in [1.807, 2.05) is 0 Å². The number of benzene rings is 1. The zero-order chi connectivity index (χ0) is 20.4. The predicted molar refractivity (Wildman–Crippen MR) is 114 cm³/mol. The van der Waals surface area contributed by atoms with Gasteiger partial charge < -0.3 is 10.1 Å². The van der Waals surface area contributed by atoms with Crippen molar-refractivity contribution >= 4 is 5.91 Å². The van der Waals surface area contributed by atoms with Crippen LogP contribution in [0.15, 0.2) is 18.2 Å². The molecule has 0 atom stereocenters. The van der Waals surface area contributed by atoms with Crippen molar-refractivity contribution in [3.8, 4) is 5.75 Å². The monoisotopic (exact) mass is 387 g/mol. The van der Waals surface area contributed by atoms with Crippen LogP contribution >= 0.6 is 0 Å². The number of rotatable bonds is 6. The van der Waals surface area contributed by atoms with Gasteiger partial charge in [-0.15, -0.1) is 0 Å². The maximum atomic E-state index is 12.5. The van der Waals surface area contributed by atoms with Crippen LogP contribution in [-0.2, 0) is 17.8 Å². The van der Waals surface area contributed by atoms with E-state index < -0.39 is 0 Å². The number of carbonyl (C=O) groups is 1. The molecule has 0 saturated carbocycles. The van der Waals surface area contributed by atoms with Crippen molar-refractivity contribution in [3.63, 3.8) is 0 Å². The molecule has 28 heavy (non-hydrogen) atoms. The first-order valence-electron chi connectivity index (χ1n) is 10.6. The van der Waals surface area contributed by atoms with Gasteiger partial charge in [0, 0.05) is 44.7 Å². The van der Waals surface area contributed by atoms with E-state index in [0.29, 0.717) is 6.54 Å². The molecule has 1 aromatic carbocycles. The highest BCUT2D eigenvalue weighted by molar-refractivity contribution is 5.78. The van der Waals surface area contributed by atoms with Gasteiger partial charge in [-0.3, -0.25) is 14.6 Å². The Morgan fingerprint density at radius 2 is 1.75 bits per heavy atom. The standard InChI is InChI=1S/C23H37N3O2/c1-22(2,3)17-23(4,5)24-21(27)16-26-11-9-25(10-12-26)15-18-6-7-20-19(14-18)8-13-28-20/h6-7,14H,8-13,15-17H2,1-5H3,(H,24,27). The van der Waals surface area contributed by atoms with E-state index >= 15 is 0 Å². The minimum absolute atomic E-state index is 0.140. The molecule has 1 amide bonds. The molecule has 5 heteroatoms. The molecule has 2 heterocycles. The van der Waals surface area contributed by atoms with Crippen LogP contribution in [0.1, 0.15) is 52.2 Å². The highest BCUT2D eigenvalue weighted by Gasteiger charge is 2.28. The molecular formula is C23H37N3O2. The summed E-state index contributed by atoms with van der Waals surface area (Å²) in [6, 6.07) is 6.58. The molecule has 0 aliphatic carbocycles. The molecule has 2 aliphatic rings. The van der Waals surface area contributed by atoms with Crippen LogP contribution in [-0.4, -0.2) is 60.6 Å². The van der Waals surface area contributed by atoms with E-state index in [4.69, 9.17) is 4.74 Å². The van der Waals surface area contributed by atoms with Crippen molar-refractivity contribution in [1.82, 2.24) is 15.1 Å². The number of piperazine rings is 1. The van der Waals surface area contributed by atoms with E-state index in [2.05, 4.69) is 67.9 Å². The van der Waals surface area contributed by atoms with Crippen LogP contribution in [0.25, 0.3) is 0 Å². The minimum Gasteiger partial charge on any atom is -0.493 e. The summed E-state index contributed by atoms with van der Waals surface area (Å²) in [5.41, 5.74) is 2.73. The fraction of sp³-hybridized carbons (Fsp3) is 0.696. The zero-order valence-corrected chi connectivity index (χ0v) is 18.3. The van der Waals surface area contributed by atoms with E-state index in [9.17, 15) is 4.79 Å². The highest BCUT2D eigenvalue weighted by atomic mass is 16.5. The summed E-state index contributed by atoms with van der Waals surface area (Å²) in [7, 11) is 0. The number of hydrogen-bond donors (Lipinski definition) is 1. The number of nitrogens with one attached hydrogen (secondary N) is 1. The number of hydrogen-bond acceptors (Lipinski definition) is 4. The van der Waals surface area contributed by atoms with Crippen LogP contribution in [0.5, 0.6) is 5.75 Å². The summed E-state index contributed by atoms with van der Waals surface area (Å²) in [6.45, 7) is 17.1. The molecule has 2 aliphatic heterocycles. The van der Waals surface area contributed by atoms with Gasteiger partial charge in [-0.05, 0) is 42.9 Å². The van der Waals surface area contributed by atoms with Crippen molar-refractivity contribution < 1.29 is 9.53 Å². The number of fused-ring (bicyclic) bond motifs is 1. The van der Waals surface area contributed by atoms with Gasteiger partial charge in [-0.25, -0.2) is 0 Å². The van der Waals surface area contributed by atoms with Crippen LogP contribution < -0.4 is 10.1 Å². The molecule has 0 radical (unpaired) electrons. The average Bonchev–Trinajstić information content (AvgIpc) is 3.01. The van der Waals surface area contributed by atoms with E-state index in [1.54, 1.807) is 0 Å². The van der Waals surface area contributed by atoms with E-state index in [1.165, 1.54) is 11.1 Å². The Hall–Kier alpha value is -1.59. The second-order valence-corrected chi connectivity index (χ2v) is 10.3. The molecule has 156 valence electrons. The molecule has 1 N–H and O–H groups in total. The van der Waals surface area contributed by atoms with Crippen molar-refractivity contribution in [1.29, 1.82) is 0 Å². The van der Waals surface area contributed by atoms with Crippen molar-refractivity contribution in [2.24, 2.45) is 5.41 Å². The van der Waals surface area contributed by atoms with Crippen LogP contribution in [0, 0.1) is 5.41 Å². The van der Waals surface area contributed by atoms with Crippen LogP contribution in [0.2, 0.25) is 0 Å². The first kappa shape index (κ1) is 21.1. The topological polar surface area (TPSA) is 44.8 Å². The third-order valence-electron chi connectivity index (χ3n) is 5.44. The van der Waals surface area contributed by atoms with Gasteiger partial charge in [0.05, 0.1) is 13.2 Å². The van der Waals surface area contributed by atoms with Crippen molar-refractivity contribution in [2.45, 2.75) is 59.5 Å². The molecule has 1 aromatic rings. The van der Waals surface area contributed by atoms with Gasteiger partial charge in [-0.1, -0.05) is 32.9 Å². The molecule has 5 nitrogen and oxygen atoms in total. The Kier molecular flexibility index (Phi) is 6.35. The lowest BCUT2D eigenvalue weighted by atomic mass is 9.82. The highest BCUT2D eigenvalue weighted by Crippen LogP contribution is 2.27. The maximum Gasteiger partial charge on any atom is 0.234 e. The number of ether oxygens (including phenoxy) is 1. The molecule has 0 unspecified atom stereocenters. The fourth-order valence-corrected chi connectivity index (χ4v) is 4.69. The molecule has 3 rings (SSSR count). The summed E-state index contributed by atoms with van der Waals surface area (Å²) >= 11 is 0. The average molecular weight is 388 g/mol. The Labute approximate surface area is 170 Å². The van der Waals surface area contributed by atoms with Crippen LogP contribution in [0.4, 0.5) is 0 Å². The summed E-state index contributed by atoms with van der Waals surface area (Å²) in [5.74, 6) is 1.19. The van der Waals surface area contributed by atoms with Gasteiger partial charge in [0.2, 0.25) is 5.91 Å². The summed E-state index contributed by atoms with van der Waals surface area (Å²) in [5, 5.41) is 3.23. The SMILES string of the molecule is CC(C)(C)CC(C)(C)NC(=O)CN1CCN(Cc2ccc3c(c2)CCO3)CC1. The van der Waals surface area contributed by atoms with Gasteiger partial charge >= 0.3 is 0 Å². The van der Waals surface area contributed by atoms with Gasteiger partial charge in [0.15, 0.2) is 0 Å². The lowest BCUT2D eigenvalue weighted by Crippen LogP contribution is -2.52. The van der Waals surface area contributed by atoms with Crippen molar-refractivity contribution in [2.75, 3.05) is 39.3 Å². The third kappa shape index (κ3) is 6.21. The van der Waals surface area contributed by atoms with Gasteiger partial charge in [0.25, 0.3) is 0 Å². The number of amides is 1. The molecule has 0 aromatic heterocycles. The second kappa shape index (κ2) is 8.42. The summed E-state index contributed by atoms with van der Waals surface area (Å²) in [4.78, 5) is 17.3. The summed E-state index contributed by atoms with van der Waals surface area (Å²) < 4.78 is 5.60. The minimum atomic E-state index is -0.172. The van der Waals surface area contributed by atoms with E-state index in [-0.39, 0.29) is 16.9 Å². The Morgan fingerprint density at radius 1 is 1.07 bits per heavy atom. The Balaban J connectivity index is 1.42. The first-order chi connectivity index (χ1) is 13.1. The molecular weight excluding hydrogens is 350 g/mol. The summed E-state index contributed by atoms with van der Waals surface area (Å²) in [6.07, 6.45) is 1.99. The Morgan fingerprint density at radius 3 is 2.43 bits per heavy atom. The first-order valence-corrected chi connectivity index (χ1v) is 10.6. The second-order valence-electron chi connectivity index (χ2n) is 10.3. The number of carbonyl (C=O) groups excluding carboxylic acids is 1. The quantitative estimate of drug-likeness (QED) is 0.815.